The van der Waals surface area contributed by atoms with Gasteiger partial charge >= 0.3 is 11.4 Å². The van der Waals surface area contributed by atoms with Crippen LogP contribution in [0.25, 0.3) is 33.2 Å². The number of hydrogen-bond acceptors (Lipinski definition) is 7. The Balaban J connectivity index is 1.37. The Morgan fingerprint density at radius 2 is 1.55 bits per heavy atom. The Labute approximate surface area is 249 Å². The quantitative estimate of drug-likeness (QED) is 0.259. The van der Waals surface area contributed by atoms with Crippen LogP contribution in [-0.2, 0) is 6.54 Å². The number of fused-ring (bicyclic) bond motifs is 2. The summed E-state index contributed by atoms with van der Waals surface area (Å²) in [7, 11) is 0. The minimum absolute atomic E-state index is 0.141. The van der Waals surface area contributed by atoms with Crippen molar-refractivity contribution in [2.45, 2.75) is 13.5 Å². The third-order valence-corrected chi connectivity index (χ3v) is 7.40. The molecule has 0 radical (unpaired) electrons. The van der Waals surface area contributed by atoms with Gasteiger partial charge in [-0.1, -0.05) is 41.4 Å². The van der Waals surface area contributed by atoms with Crippen molar-refractivity contribution >= 4 is 56.6 Å². The van der Waals surface area contributed by atoms with Gasteiger partial charge in [0.2, 0.25) is 0 Å². The van der Waals surface area contributed by atoms with Crippen molar-refractivity contribution in [1.29, 1.82) is 5.26 Å². The van der Waals surface area contributed by atoms with E-state index >= 15 is 0 Å². The third kappa shape index (κ3) is 4.83. The molecule has 0 spiro atoms. The van der Waals surface area contributed by atoms with Crippen molar-refractivity contribution in [3.05, 3.63) is 127 Å². The van der Waals surface area contributed by atoms with Crippen LogP contribution in [0.5, 0.6) is 0 Å². The van der Waals surface area contributed by atoms with E-state index in [0.717, 1.165) is 11.1 Å². The SMILES string of the molecule is Cc1cc(CNc2nc(=O)n(-c3cccc(C#N)c3)c3cc(Cl)ccc23)ccc1-n1c(=O)nc(N)c2ccc(Cl)cc21. The summed E-state index contributed by atoms with van der Waals surface area (Å²) in [6.45, 7) is 2.24. The van der Waals surface area contributed by atoms with Crippen LogP contribution < -0.4 is 22.4 Å². The van der Waals surface area contributed by atoms with Crippen LogP contribution in [0, 0.1) is 18.3 Å². The number of nitrogens with zero attached hydrogens (tertiary/aromatic N) is 5. The molecule has 0 fully saturated rings. The second kappa shape index (κ2) is 10.7. The normalized spacial score (nSPS) is 11.1. The summed E-state index contributed by atoms with van der Waals surface area (Å²) >= 11 is 12.5. The number of hydrogen-bond donors (Lipinski definition) is 2. The Hall–Kier alpha value is -5.17. The molecular formula is C31H21Cl2N7O2. The number of halogens is 2. The molecule has 2 heterocycles. The van der Waals surface area contributed by atoms with E-state index in [2.05, 4.69) is 21.4 Å². The summed E-state index contributed by atoms with van der Waals surface area (Å²) in [5.74, 6) is 0.530. The van der Waals surface area contributed by atoms with Crippen LogP contribution in [0.3, 0.4) is 0 Å². The van der Waals surface area contributed by atoms with Gasteiger partial charge in [0.05, 0.1) is 34.0 Å². The first-order chi connectivity index (χ1) is 20.2. The topological polar surface area (TPSA) is 132 Å². The van der Waals surface area contributed by atoms with E-state index in [0.29, 0.717) is 61.2 Å². The number of rotatable bonds is 5. The fraction of sp³-hybridized carbons (Fsp3) is 0.0645. The monoisotopic (exact) mass is 593 g/mol. The Bertz CT molecular complexity index is 2220. The molecule has 9 nitrogen and oxygen atoms in total. The minimum Gasteiger partial charge on any atom is -0.383 e. The predicted molar refractivity (Wildman–Crippen MR) is 166 cm³/mol. The molecule has 0 aliphatic rings. The molecule has 3 N–H and O–H groups in total. The third-order valence-electron chi connectivity index (χ3n) is 6.93. The molecule has 0 saturated heterocycles. The highest BCUT2D eigenvalue weighted by Crippen LogP contribution is 2.28. The average Bonchev–Trinajstić information content (AvgIpc) is 2.96. The van der Waals surface area contributed by atoms with Crippen LogP contribution in [0.15, 0.2) is 88.5 Å². The standard InChI is InChI=1S/C31H21Cl2N7O2/c1-17-11-19(5-10-25(17)40-26-13-20(32)6-8-23(26)28(35)37-30(40)41)16-36-29-24-9-7-21(33)14-27(24)39(31(42)38-29)22-4-2-3-18(12-22)15-34/h2-14H,16H2,1H3,(H2,35,37,41)(H,36,38,42). The summed E-state index contributed by atoms with van der Waals surface area (Å²) in [6, 6.07) is 24.8. The fourth-order valence-electron chi connectivity index (χ4n) is 5.02. The second-order valence-electron chi connectivity index (χ2n) is 9.65. The van der Waals surface area contributed by atoms with Crippen molar-refractivity contribution in [3.63, 3.8) is 0 Å². The molecule has 0 aliphatic carbocycles. The summed E-state index contributed by atoms with van der Waals surface area (Å²) in [6.07, 6.45) is 0. The molecule has 42 heavy (non-hydrogen) atoms. The lowest BCUT2D eigenvalue weighted by Gasteiger charge is -2.16. The van der Waals surface area contributed by atoms with E-state index in [1.54, 1.807) is 60.7 Å². The molecule has 11 heteroatoms. The fourth-order valence-corrected chi connectivity index (χ4v) is 5.35. The zero-order chi connectivity index (χ0) is 29.5. The van der Waals surface area contributed by atoms with E-state index in [1.807, 2.05) is 25.1 Å². The van der Waals surface area contributed by atoms with Crippen molar-refractivity contribution in [2.75, 3.05) is 11.1 Å². The summed E-state index contributed by atoms with van der Waals surface area (Å²) in [4.78, 5) is 34.5. The van der Waals surface area contributed by atoms with Crippen molar-refractivity contribution in [2.24, 2.45) is 0 Å². The minimum atomic E-state index is -0.519. The van der Waals surface area contributed by atoms with Crippen molar-refractivity contribution in [3.8, 4) is 17.4 Å². The van der Waals surface area contributed by atoms with Crippen LogP contribution >= 0.6 is 23.2 Å². The molecule has 4 aromatic carbocycles. The predicted octanol–water partition coefficient (Wildman–Crippen LogP) is 5.77. The highest BCUT2D eigenvalue weighted by molar-refractivity contribution is 6.31. The number of nitriles is 1. The number of nitrogens with two attached hydrogens (primary N) is 1. The number of aromatic nitrogens is 4. The number of nitrogens with one attached hydrogen (secondary N) is 1. The number of anilines is 2. The molecule has 0 aliphatic heterocycles. The molecular weight excluding hydrogens is 573 g/mol. The number of nitrogen functional groups attached to an aromatic ring is 1. The smallest absolute Gasteiger partial charge is 0.354 e. The second-order valence-corrected chi connectivity index (χ2v) is 10.5. The van der Waals surface area contributed by atoms with E-state index < -0.39 is 11.4 Å². The number of aryl methyl sites for hydroxylation is 1. The van der Waals surface area contributed by atoms with Crippen LogP contribution in [-0.4, -0.2) is 19.1 Å². The number of benzene rings is 4. The molecule has 0 unspecified atom stereocenters. The first-order valence-electron chi connectivity index (χ1n) is 12.8. The lowest BCUT2D eigenvalue weighted by molar-refractivity contribution is 0.946. The maximum absolute atomic E-state index is 13.2. The summed E-state index contributed by atoms with van der Waals surface area (Å²) in [5.41, 5.74) is 9.37. The van der Waals surface area contributed by atoms with Crippen LogP contribution in [0.1, 0.15) is 16.7 Å². The van der Waals surface area contributed by atoms with Gasteiger partial charge in [0.25, 0.3) is 0 Å². The first kappa shape index (κ1) is 27.0. The zero-order valence-electron chi connectivity index (χ0n) is 22.1. The maximum Gasteiger partial charge on any atom is 0.354 e. The van der Waals surface area contributed by atoms with Gasteiger partial charge in [0, 0.05) is 27.4 Å². The largest absolute Gasteiger partial charge is 0.383 e. The van der Waals surface area contributed by atoms with Gasteiger partial charge in [0.1, 0.15) is 11.6 Å². The summed E-state index contributed by atoms with van der Waals surface area (Å²) in [5, 5.41) is 14.8. The van der Waals surface area contributed by atoms with E-state index in [1.165, 1.54) is 9.13 Å². The first-order valence-corrected chi connectivity index (χ1v) is 13.5. The Kier molecular flexibility index (Phi) is 6.86. The molecule has 0 saturated carbocycles. The van der Waals surface area contributed by atoms with Crippen LogP contribution in [0.4, 0.5) is 11.6 Å². The van der Waals surface area contributed by atoms with Gasteiger partial charge < -0.3 is 11.1 Å². The highest BCUT2D eigenvalue weighted by atomic mass is 35.5. The van der Waals surface area contributed by atoms with Crippen LogP contribution in [0.2, 0.25) is 10.0 Å². The molecule has 0 bridgehead atoms. The average molecular weight is 594 g/mol. The van der Waals surface area contributed by atoms with E-state index in [-0.39, 0.29) is 5.82 Å². The highest BCUT2D eigenvalue weighted by Gasteiger charge is 2.15. The van der Waals surface area contributed by atoms with Gasteiger partial charge in [0.15, 0.2) is 0 Å². The molecule has 6 rings (SSSR count). The van der Waals surface area contributed by atoms with Gasteiger partial charge in [-0.25, -0.2) is 9.59 Å². The van der Waals surface area contributed by atoms with Crippen molar-refractivity contribution in [1.82, 2.24) is 19.1 Å². The molecule has 2 aromatic heterocycles. The molecule has 6 aromatic rings. The van der Waals surface area contributed by atoms with Crippen molar-refractivity contribution < 1.29 is 0 Å². The zero-order valence-corrected chi connectivity index (χ0v) is 23.6. The van der Waals surface area contributed by atoms with Gasteiger partial charge in [-0.15, -0.1) is 0 Å². The van der Waals surface area contributed by atoms with Gasteiger partial charge in [-0.2, -0.15) is 15.2 Å². The Morgan fingerprint density at radius 1 is 0.857 bits per heavy atom. The summed E-state index contributed by atoms with van der Waals surface area (Å²) < 4.78 is 2.92. The Morgan fingerprint density at radius 3 is 2.26 bits per heavy atom. The van der Waals surface area contributed by atoms with Gasteiger partial charge in [-0.3, -0.25) is 9.13 Å². The molecule has 0 atom stereocenters. The van der Waals surface area contributed by atoms with E-state index in [4.69, 9.17) is 28.9 Å². The van der Waals surface area contributed by atoms with E-state index in [9.17, 15) is 14.9 Å². The maximum atomic E-state index is 13.2. The lowest BCUT2D eigenvalue weighted by atomic mass is 10.1. The molecule has 0 amide bonds. The lowest BCUT2D eigenvalue weighted by Crippen LogP contribution is -2.24. The molecule has 206 valence electrons. The van der Waals surface area contributed by atoms with Gasteiger partial charge in [-0.05, 0) is 78.7 Å².